The summed E-state index contributed by atoms with van der Waals surface area (Å²) < 4.78 is 26.4. The van der Waals surface area contributed by atoms with Crippen molar-refractivity contribution >= 4 is 33.0 Å². The van der Waals surface area contributed by atoms with Crippen molar-refractivity contribution in [3.8, 4) is 0 Å². The third-order valence-electron chi connectivity index (χ3n) is 5.70. The van der Waals surface area contributed by atoms with Gasteiger partial charge in [0, 0.05) is 0 Å². The highest BCUT2D eigenvalue weighted by atomic mass is 32.2. The van der Waals surface area contributed by atoms with E-state index >= 15 is 0 Å². The summed E-state index contributed by atoms with van der Waals surface area (Å²) in [6.45, 7) is 3.90. The van der Waals surface area contributed by atoms with E-state index in [2.05, 4.69) is 78.6 Å². The molecule has 0 aliphatic carbocycles. The molecule has 0 spiro atoms. The van der Waals surface area contributed by atoms with Gasteiger partial charge in [0.05, 0.1) is 16.5 Å². The molecular formula is C29H28O2PS+. The third-order valence-corrected chi connectivity index (χ3v) is 11.7. The van der Waals surface area contributed by atoms with Gasteiger partial charge < -0.3 is 0 Å². The molecule has 0 radical (unpaired) electrons. The van der Waals surface area contributed by atoms with Crippen LogP contribution in [0.5, 0.6) is 0 Å². The fourth-order valence-electron chi connectivity index (χ4n) is 4.16. The van der Waals surface area contributed by atoms with Crippen molar-refractivity contribution in [2.45, 2.75) is 18.7 Å². The van der Waals surface area contributed by atoms with Crippen LogP contribution in [0, 0.1) is 6.92 Å². The van der Waals surface area contributed by atoms with Crippen LogP contribution in [0.15, 0.2) is 132 Å². The second-order valence-electron chi connectivity index (χ2n) is 8.28. The lowest BCUT2D eigenvalue weighted by Gasteiger charge is -2.25. The lowest BCUT2D eigenvalue weighted by atomic mass is 10.2. The minimum atomic E-state index is -3.45. The van der Waals surface area contributed by atoms with Crippen LogP contribution >= 0.6 is 7.26 Å². The zero-order valence-corrected chi connectivity index (χ0v) is 20.6. The average Bonchev–Trinajstić information content (AvgIpc) is 2.84. The second kappa shape index (κ2) is 9.87. The van der Waals surface area contributed by atoms with Crippen molar-refractivity contribution < 1.29 is 8.42 Å². The van der Waals surface area contributed by atoms with Gasteiger partial charge in [0.1, 0.15) is 23.2 Å². The van der Waals surface area contributed by atoms with Crippen molar-refractivity contribution in [3.63, 3.8) is 0 Å². The molecule has 166 valence electrons. The summed E-state index contributed by atoms with van der Waals surface area (Å²) in [5.41, 5.74) is 1.89. The number of rotatable bonds is 7. The van der Waals surface area contributed by atoms with Crippen LogP contribution in [-0.2, 0) is 9.84 Å². The van der Waals surface area contributed by atoms with Crippen molar-refractivity contribution in [2.75, 3.05) is 5.75 Å². The fourth-order valence-corrected chi connectivity index (χ4v) is 9.70. The predicted molar refractivity (Wildman–Crippen MR) is 142 cm³/mol. The molecule has 0 saturated heterocycles. The topological polar surface area (TPSA) is 34.1 Å². The Morgan fingerprint density at radius 3 is 1.45 bits per heavy atom. The maximum Gasteiger partial charge on any atom is 0.182 e. The number of hydrogen-bond acceptors (Lipinski definition) is 2. The van der Waals surface area contributed by atoms with Crippen LogP contribution in [-0.4, -0.2) is 14.2 Å². The molecule has 0 N–H and O–H groups in total. The molecule has 0 amide bonds. The number of benzene rings is 4. The van der Waals surface area contributed by atoms with Gasteiger partial charge in [0.25, 0.3) is 0 Å². The molecule has 0 fully saturated rings. The molecule has 0 aromatic heterocycles. The molecular weight excluding hydrogens is 443 g/mol. The highest BCUT2D eigenvalue weighted by Crippen LogP contribution is 2.57. The standard InChI is InChI=1S/C29H28O2PS/c1-24-18-20-29(21-19-24)33(30,31)23-25(2)22-32(26-12-6-3-7-13-26,27-14-8-4-9-15-27)28-16-10-5-11-17-28/h3-22H,23H2,1-2H3/q+1/b25-22+. The summed E-state index contributed by atoms with van der Waals surface area (Å²) in [7, 11) is -5.67. The normalized spacial score (nSPS) is 12.5. The molecule has 0 bridgehead atoms. The van der Waals surface area contributed by atoms with Gasteiger partial charge in [-0.2, -0.15) is 0 Å². The largest absolute Gasteiger partial charge is 0.223 e. The molecule has 0 unspecified atom stereocenters. The summed E-state index contributed by atoms with van der Waals surface area (Å²) in [6, 6.07) is 38.5. The van der Waals surface area contributed by atoms with Gasteiger partial charge in [0.15, 0.2) is 9.84 Å². The van der Waals surface area contributed by atoms with Crippen LogP contribution in [0.25, 0.3) is 0 Å². The minimum absolute atomic E-state index is 0.00961. The summed E-state index contributed by atoms with van der Waals surface area (Å²) in [5.74, 6) is 2.23. The molecule has 4 heteroatoms. The summed E-state index contributed by atoms with van der Waals surface area (Å²) in [4.78, 5) is 0.365. The van der Waals surface area contributed by atoms with Crippen LogP contribution in [0.2, 0.25) is 0 Å². The van der Waals surface area contributed by atoms with Crippen molar-refractivity contribution in [3.05, 3.63) is 132 Å². The molecule has 0 aliphatic heterocycles. The van der Waals surface area contributed by atoms with Gasteiger partial charge in [0.2, 0.25) is 0 Å². The molecule has 0 aliphatic rings. The predicted octanol–water partition coefficient (Wildman–Crippen LogP) is 5.67. The first kappa shape index (κ1) is 23.2. The molecule has 0 heterocycles. The molecule has 4 aromatic rings. The first-order valence-electron chi connectivity index (χ1n) is 11.0. The Labute approximate surface area is 197 Å². The Bertz CT molecular complexity index is 1230. The highest BCUT2D eigenvalue weighted by Gasteiger charge is 2.44. The Morgan fingerprint density at radius 2 is 1.06 bits per heavy atom. The Kier molecular flexibility index (Phi) is 6.93. The molecule has 0 atom stereocenters. The number of aryl methyl sites for hydroxylation is 1. The molecule has 2 nitrogen and oxygen atoms in total. The minimum Gasteiger partial charge on any atom is -0.223 e. The first-order chi connectivity index (χ1) is 15.9. The van der Waals surface area contributed by atoms with Crippen LogP contribution < -0.4 is 15.9 Å². The van der Waals surface area contributed by atoms with E-state index in [1.807, 2.05) is 44.2 Å². The smallest absolute Gasteiger partial charge is 0.182 e. The van der Waals surface area contributed by atoms with Gasteiger partial charge in [-0.25, -0.2) is 8.42 Å². The molecule has 0 saturated carbocycles. The van der Waals surface area contributed by atoms with Gasteiger partial charge >= 0.3 is 0 Å². The van der Waals surface area contributed by atoms with E-state index in [0.717, 1.165) is 11.1 Å². The van der Waals surface area contributed by atoms with Crippen molar-refractivity contribution in [2.24, 2.45) is 0 Å². The molecule has 4 rings (SSSR count). The Morgan fingerprint density at radius 1 is 0.667 bits per heavy atom. The van der Waals surface area contributed by atoms with Crippen molar-refractivity contribution in [1.82, 2.24) is 0 Å². The lowest BCUT2D eigenvalue weighted by Crippen LogP contribution is -2.30. The molecule has 33 heavy (non-hydrogen) atoms. The first-order valence-corrected chi connectivity index (χ1v) is 14.5. The summed E-state index contributed by atoms with van der Waals surface area (Å²) in [6.07, 6.45) is 0. The summed E-state index contributed by atoms with van der Waals surface area (Å²) in [5, 5.41) is 3.61. The Balaban J connectivity index is 1.90. The van der Waals surface area contributed by atoms with E-state index in [0.29, 0.717) is 4.90 Å². The van der Waals surface area contributed by atoms with E-state index in [1.54, 1.807) is 12.1 Å². The lowest BCUT2D eigenvalue weighted by molar-refractivity contribution is 0.598. The van der Waals surface area contributed by atoms with Crippen molar-refractivity contribution in [1.29, 1.82) is 0 Å². The van der Waals surface area contributed by atoms with E-state index in [9.17, 15) is 8.42 Å². The van der Waals surface area contributed by atoms with E-state index in [1.165, 1.54) is 15.9 Å². The van der Waals surface area contributed by atoms with Gasteiger partial charge in [-0.3, -0.25) is 0 Å². The highest BCUT2D eigenvalue weighted by molar-refractivity contribution is 7.98. The number of hydrogen-bond donors (Lipinski definition) is 0. The van der Waals surface area contributed by atoms with E-state index in [4.69, 9.17) is 0 Å². The second-order valence-corrected chi connectivity index (χ2v) is 13.5. The van der Waals surface area contributed by atoms with Gasteiger partial charge in [-0.05, 0) is 68.0 Å². The quantitative estimate of drug-likeness (QED) is 0.326. The molecule has 4 aromatic carbocycles. The SMILES string of the molecule is C/C(=C\[P+](c1ccccc1)(c1ccccc1)c1ccccc1)CS(=O)(=O)c1ccc(C)cc1. The third kappa shape index (κ3) is 5.00. The van der Waals surface area contributed by atoms with E-state index in [-0.39, 0.29) is 5.75 Å². The zero-order valence-electron chi connectivity index (χ0n) is 18.9. The monoisotopic (exact) mass is 471 g/mol. The van der Waals surface area contributed by atoms with E-state index < -0.39 is 17.1 Å². The van der Waals surface area contributed by atoms with Crippen LogP contribution in [0.3, 0.4) is 0 Å². The van der Waals surface area contributed by atoms with Crippen LogP contribution in [0.1, 0.15) is 12.5 Å². The zero-order chi connectivity index (χ0) is 23.3. The average molecular weight is 472 g/mol. The maximum atomic E-state index is 13.2. The fraction of sp³-hybridized carbons (Fsp3) is 0.103. The Hall–Kier alpha value is -3.00. The summed E-state index contributed by atoms with van der Waals surface area (Å²) >= 11 is 0. The van der Waals surface area contributed by atoms with Gasteiger partial charge in [-0.1, -0.05) is 72.3 Å². The maximum absolute atomic E-state index is 13.2. The van der Waals surface area contributed by atoms with Crippen LogP contribution in [0.4, 0.5) is 0 Å². The van der Waals surface area contributed by atoms with Gasteiger partial charge in [-0.15, -0.1) is 0 Å². The number of sulfone groups is 1.